The first-order valence-corrected chi connectivity index (χ1v) is 9.48. The summed E-state index contributed by atoms with van der Waals surface area (Å²) < 4.78 is 0.907. The van der Waals surface area contributed by atoms with Gasteiger partial charge in [0.1, 0.15) is 0 Å². The number of hydrogen-bond donors (Lipinski definition) is 1. The number of thiazole rings is 1. The molecule has 0 aliphatic carbocycles. The highest BCUT2D eigenvalue weighted by Gasteiger charge is 2.08. The average molecular weight is 355 g/mol. The molecule has 1 N–H and O–H groups in total. The largest absolute Gasteiger partial charge is 0.325 e. The molecule has 0 saturated carbocycles. The Hall–Kier alpha value is -2.11. The van der Waals surface area contributed by atoms with Crippen LogP contribution in [0.15, 0.2) is 58.3 Å². The highest BCUT2D eigenvalue weighted by molar-refractivity contribution is 8.01. The number of nitrogens with zero attached hydrogens (tertiary/aromatic N) is 1. The molecule has 0 fully saturated rings. The number of rotatable bonds is 5. The van der Waals surface area contributed by atoms with Crippen LogP contribution < -0.4 is 5.32 Å². The third-order valence-corrected chi connectivity index (χ3v) is 5.48. The molecule has 1 heterocycles. The molecule has 0 unspecified atom stereocenters. The quantitative estimate of drug-likeness (QED) is 0.644. The van der Waals surface area contributed by atoms with Gasteiger partial charge in [-0.3, -0.25) is 4.79 Å². The van der Waals surface area contributed by atoms with Crippen molar-refractivity contribution < 1.29 is 4.79 Å². The highest BCUT2D eigenvalue weighted by Crippen LogP contribution is 2.28. The summed E-state index contributed by atoms with van der Waals surface area (Å²) in [6.07, 6.45) is 0. The third kappa shape index (κ3) is 4.46. The van der Waals surface area contributed by atoms with Gasteiger partial charge in [-0.2, -0.15) is 0 Å². The number of amides is 1. The molecule has 1 aromatic heterocycles. The van der Waals surface area contributed by atoms with Crippen LogP contribution in [0.1, 0.15) is 11.1 Å². The second kappa shape index (κ2) is 7.64. The minimum absolute atomic E-state index is 0.0160. The lowest BCUT2D eigenvalue weighted by molar-refractivity contribution is -0.113. The van der Waals surface area contributed by atoms with Crippen LogP contribution in [0.5, 0.6) is 0 Å². The zero-order chi connectivity index (χ0) is 16.9. The van der Waals surface area contributed by atoms with E-state index in [0.29, 0.717) is 5.75 Å². The smallest absolute Gasteiger partial charge is 0.234 e. The molecular formula is C19H18N2OS2. The summed E-state index contributed by atoms with van der Waals surface area (Å²) in [5, 5.41) is 4.95. The topological polar surface area (TPSA) is 42.0 Å². The van der Waals surface area contributed by atoms with Crippen LogP contribution in [0.4, 0.5) is 5.69 Å². The second-order valence-electron chi connectivity index (χ2n) is 5.57. The lowest BCUT2D eigenvalue weighted by atomic mass is 10.1. The maximum absolute atomic E-state index is 12.1. The van der Waals surface area contributed by atoms with E-state index in [0.717, 1.165) is 26.8 Å². The lowest BCUT2D eigenvalue weighted by Crippen LogP contribution is -2.13. The Balaban J connectivity index is 1.57. The molecule has 0 aliphatic rings. The van der Waals surface area contributed by atoms with Gasteiger partial charge in [0.15, 0.2) is 4.34 Å². The van der Waals surface area contributed by atoms with Crippen molar-refractivity contribution in [2.75, 3.05) is 11.1 Å². The van der Waals surface area contributed by atoms with E-state index in [9.17, 15) is 4.79 Å². The number of carbonyl (C=O) groups is 1. The Labute approximate surface area is 150 Å². The fourth-order valence-electron chi connectivity index (χ4n) is 2.23. The van der Waals surface area contributed by atoms with Crippen molar-refractivity contribution in [1.29, 1.82) is 0 Å². The number of benzene rings is 2. The van der Waals surface area contributed by atoms with Crippen LogP contribution in [-0.4, -0.2) is 16.6 Å². The van der Waals surface area contributed by atoms with E-state index in [1.165, 1.54) is 17.3 Å². The molecule has 2 aromatic carbocycles. The number of aryl methyl sites for hydroxylation is 2. The molecule has 3 rings (SSSR count). The molecule has 3 aromatic rings. The standard InChI is InChI=1S/C19H18N2OS2/c1-13-6-8-15(9-7-13)17-11-23-19(21-17)24-12-18(22)20-16-5-3-4-14(2)10-16/h3-11H,12H2,1-2H3,(H,20,22). The summed E-state index contributed by atoms with van der Waals surface area (Å²) in [5.41, 5.74) is 5.26. The highest BCUT2D eigenvalue weighted by atomic mass is 32.2. The molecule has 0 atom stereocenters. The normalized spacial score (nSPS) is 10.6. The van der Waals surface area contributed by atoms with Crippen molar-refractivity contribution in [2.24, 2.45) is 0 Å². The molecule has 24 heavy (non-hydrogen) atoms. The van der Waals surface area contributed by atoms with Crippen molar-refractivity contribution in [2.45, 2.75) is 18.2 Å². The Morgan fingerprint density at radius 2 is 1.92 bits per heavy atom. The van der Waals surface area contributed by atoms with Gasteiger partial charge in [0.25, 0.3) is 0 Å². The van der Waals surface area contributed by atoms with Gasteiger partial charge in [-0.1, -0.05) is 53.7 Å². The number of hydrogen-bond acceptors (Lipinski definition) is 4. The fraction of sp³-hybridized carbons (Fsp3) is 0.158. The minimum atomic E-state index is -0.0160. The van der Waals surface area contributed by atoms with E-state index < -0.39 is 0 Å². The van der Waals surface area contributed by atoms with Gasteiger partial charge in [0, 0.05) is 16.6 Å². The summed E-state index contributed by atoms with van der Waals surface area (Å²) in [5.74, 6) is 0.340. The van der Waals surface area contributed by atoms with Crippen LogP contribution in [0.25, 0.3) is 11.3 Å². The number of nitrogens with one attached hydrogen (secondary N) is 1. The van der Waals surface area contributed by atoms with E-state index in [4.69, 9.17) is 0 Å². The number of aromatic nitrogens is 1. The molecule has 3 nitrogen and oxygen atoms in total. The number of anilines is 1. The summed E-state index contributed by atoms with van der Waals surface area (Å²) >= 11 is 3.04. The van der Waals surface area contributed by atoms with Crippen LogP contribution in [0.2, 0.25) is 0 Å². The van der Waals surface area contributed by atoms with Gasteiger partial charge in [0.2, 0.25) is 5.91 Å². The first kappa shape index (κ1) is 16.7. The van der Waals surface area contributed by atoms with Crippen molar-refractivity contribution in [3.63, 3.8) is 0 Å². The zero-order valence-corrected chi connectivity index (χ0v) is 15.2. The Morgan fingerprint density at radius 3 is 2.67 bits per heavy atom. The van der Waals surface area contributed by atoms with Gasteiger partial charge in [0.05, 0.1) is 11.4 Å². The maximum atomic E-state index is 12.1. The Bertz CT molecular complexity index is 841. The van der Waals surface area contributed by atoms with Crippen LogP contribution in [0, 0.1) is 13.8 Å². The second-order valence-corrected chi connectivity index (χ2v) is 7.65. The third-order valence-electron chi connectivity index (χ3n) is 3.46. The molecule has 1 amide bonds. The van der Waals surface area contributed by atoms with Crippen LogP contribution >= 0.6 is 23.1 Å². The first-order chi connectivity index (χ1) is 11.6. The molecular weight excluding hydrogens is 336 g/mol. The minimum Gasteiger partial charge on any atom is -0.325 e. The lowest BCUT2D eigenvalue weighted by Gasteiger charge is -2.04. The van der Waals surface area contributed by atoms with Crippen molar-refractivity contribution in [3.05, 3.63) is 65.0 Å². The molecule has 0 saturated heterocycles. The van der Waals surface area contributed by atoms with Crippen LogP contribution in [0.3, 0.4) is 0 Å². The first-order valence-electron chi connectivity index (χ1n) is 7.62. The van der Waals surface area contributed by atoms with Gasteiger partial charge in [-0.25, -0.2) is 4.98 Å². The molecule has 122 valence electrons. The summed E-state index contributed by atoms with van der Waals surface area (Å²) in [6.45, 7) is 4.07. The summed E-state index contributed by atoms with van der Waals surface area (Å²) in [6, 6.07) is 16.1. The van der Waals surface area contributed by atoms with Gasteiger partial charge in [-0.15, -0.1) is 11.3 Å². The predicted molar refractivity (Wildman–Crippen MR) is 103 cm³/mol. The molecule has 0 aliphatic heterocycles. The van der Waals surface area contributed by atoms with Crippen LogP contribution in [-0.2, 0) is 4.79 Å². The van der Waals surface area contributed by atoms with E-state index in [1.54, 1.807) is 11.3 Å². The van der Waals surface area contributed by atoms with E-state index >= 15 is 0 Å². The SMILES string of the molecule is Cc1ccc(-c2csc(SCC(=O)Nc3cccc(C)c3)n2)cc1. The maximum Gasteiger partial charge on any atom is 0.234 e. The molecule has 5 heteroatoms. The van der Waals surface area contributed by atoms with Crippen molar-refractivity contribution in [3.8, 4) is 11.3 Å². The van der Waals surface area contributed by atoms with E-state index in [1.807, 2.05) is 36.6 Å². The van der Waals surface area contributed by atoms with E-state index in [2.05, 4.69) is 41.5 Å². The van der Waals surface area contributed by atoms with Crippen molar-refractivity contribution in [1.82, 2.24) is 4.98 Å². The van der Waals surface area contributed by atoms with Gasteiger partial charge < -0.3 is 5.32 Å². The molecule has 0 spiro atoms. The number of carbonyl (C=O) groups excluding carboxylic acids is 1. The Morgan fingerprint density at radius 1 is 1.12 bits per heavy atom. The monoisotopic (exact) mass is 354 g/mol. The van der Waals surface area contributed by atoms with Gasteiger partial charge >= 0.3 is 0 Å². The van der Waals surface area contributed by atoms with Gasteiger partial charge in [-0.05, 0) is 31.5 Å². The summed E-state index contributed by atoms with van der Waals surface area (Å²) in [7, 11) is 0. The molecule has 0 bridgehead atoms. The average Bonchev–Trinajstić information content (AvgIpc) is 3.03. The number of thioether (sulfide) groups is 1. The summed E-state index contributed by atoms with van der Waals surface area (Å²) in [4.78, 5) is 16.7. The predicted octanol–water partition coefficient (Wildman–Crippen LogP) is 5.16. The fourth-order valence-corrected chi connectivity index (χ4v) is 3.86. The molecule has 0 radical (unpaired) electrons. The van der Waals surface area contributed by atoms with E-state index in [-0.39, 0.29) is 5.91 Å². The zero-order valence-electron chi connectivity index (χ0n) is 13.6. The van der Waals surface area contributed by atoms with Crippen molar-refractivity contribution >= 4 is 34.7 Å². The Kier molecular flexibility index (Phi) is 5.33.